The molecule has 1 amide bonds. The third-order valence-corrected chi connectivity index (χ3v) is 3.22. The normalized spacial score (nSPS) is 31.4. The molecule has 2 N–H and O–H groups in total. The van der Waals surface area contributed by atoms with Crippen molar-refractivity contribution < 1.29 is 4.79 Å². The van der Waals surface area contributed by atoms with Crippen molar-refractivity contribution >= 4 is 5.91 Å². The Morgan fingerprint density at radius 1 is 1.15 bits per heavy atom. The summed E-state index contributed by atoms with van der Waals surface area (Å²) in [5.41, 5.74) is 0. The van der Waals surface area contributed by atoms with E-state index in [0.717, 1.165) is 12.5 Å². The lowest BCUT2D eigenvalue weighted by Crippen LogP contribution is -2.55. The summed E-state index contributed by atoms with van der Waals surface area (Å²) in [4.78, 5) is 11.1. The van der Waals surface area contributed by atoms with Crippen LogP contribution in [-0.2, 0) is 4.79 Å². The van der Waals surface area contributed by atoms with Crippen molar-refractivity contribution in [1.82, 2.24) is 10.6 Å². The molecule has 74 valence electrons. The molecule has 0 bridgehead atoms. The monoisotopic (exact) mass is 182 g/mol. The second-order valence-corrected chi connectivity index (χ2v) is 4.20. The maximum Gasteiger partial charge on any atom is 0.234 e. The van der Waals surface area contributed by atoms with Gasteiger partial charge in [-0.05, 0) is 18.8 Å². The van der Waals surface area contributed by atoms with Crippen molar-refractivity contribution in [1.29, 1.82) is 0 Å². The second-order valence-electron chi connectivity index (χ2n) is 4.20. The zero-order valence-corrected chi connectivity index (χ0v) is 8.01. The number of carbonyl (C=O) groups is 1. The Hall–Kier alpha value is -0.570. The van der Waals surface area contributed by atoms with E-state index in [4.69, 9.17) is 0 Å². The van der Waals surface area contributed by atoms with Gasteiger partial charge in [-0.2, -0.15) is 0 Å². The minimum Gasteiger partial charge on any atom is -0.351 e. The number of piperazine rings is 1. The summed E-state index contributed by atoms with van der Waals surface area (Å²) in [6.45, 7) is 1.47. The lowest BCUT2D eigenvalue weighted by atomic mass is 9.83. The first-order valence-corrected chi connectivity index (χ1v) is 5.36. The fourth-order valence-electron chi connectivity index (χ4n) is 2.47. The molecule has 2 aliphatic rings. The molecule has 3 heteroatoms. The number of hydrogen-bond donors (Lipinski definition) is 2. The zero-order valence-electron chi connectivity index (χ0n) is 8.01. The van der Waals surface area contributed by atoms with E-state index in [0.29, 0.717) is 12.6 Å². The predicted molar refractivity (Wildman–Crippen MR) is 51.4 cm³/mol. The number of carbonyl (C=O) groups excluding carboxylic acids is 1. The number of amides is 1. The van der Waals surface area contributed by atoms with Crippen LogP contribution in [0.1, 0.15) is 32.1 Å². The fourth-order valence-corrected chi connectivity index (χ4v) is 2.47. The quantitative estimate of drug-likeness (QED) is 0.625. The van der Waals surface area contributed by atoms with E-state index >= 15 is 0 Å². The average Bonchev–Trinajstić information content (AvgIpc) is 2.19. The Labute approximate surface area is 79.3 Å². The van der Waals surface area contributed by atoms with E-state index in [2.05, 4.69) is 10.6 Å². The lowest BCUT2D eigenvalue weighted by molar-refractivity contribution is -0.122. The molecule has 13 heavy (non-hydrogen) atoms. The molecule has 1 atom stereocenters. The Morgan fingerprint density at radius 2 is 1.92 bits per heavy atom. The van der Waals surface area contributed by atoms with E-state index in [-0.39, 0.29) is 5.91 Å². The first-order chi connectivity index (χ1) is 6.36. The lowest BCUT2D eigenvalue weighted by Gasteiger charge is -2.33. The van der Waals surface area contributed by atoms with Crippen LogP contribution < -0.4 is 10.6 Å². The van der Waals surface area contributed by atoms with E-state index in [9.17, 15) is 4.79 Å². The van der Waals surface area contributed by atoms with Gasteiger partial charge in [0.05, 0.1) is 6.54 Å². The largest absolute Gasteiger partial charge is 0.351 e. The van der Waals surface area contributed by atoms with Crippen molar-refractivity contribution in [2.75, 3.05) is 13.1 Å². The molecular formula is C10H18N2O. The van der Waals surface area contributed by atoms with Crippen LogP contribution in [0.15, 0.2) is 0 Å². The highest BCUT2D eigenvalue weighted by Crippen LogP contribution is 2.26. The number of rotatable bonds is 1. The first kappa shape index (κ1) is 9.00. The summed E-state index contributed by atoms with van der Waals surface area (Å²) in [6.07, 6.45) is 6.66. The van der Waals surface area contributed by atoms with Crippen molar-refractivity contribution in [2.24, 2.45) is 5.92 Å². The van der Waals surface area contributed by atoms with Gasteiger partial charge < -0.3 is 10.6 Å². The molecule has 1 saturated heterocycles. The Balaban J connectivity index is 1.87. The molecule has 0 spiro atoms. The van der Waals surface area contributed by atoms with Crippen LogP contribution in [0, 0.1) is 5.92 Å². The van der Waals surface area contributed by atoms with Crippen LogP contribution in [0.2, 0.25) is 0 Å². The topological polar surface area (TPSA) is 41.1 Å². The van der Waals surface area contributed by atoms with E-state index in [1.807, 2.05) is 0 Å². The van der Waals surface area contributed by atoms with E-state index in [1.165, 1.54) is 32.1 Å². The van der Waals surface area contributed by atoms with Gasteiger partial charge in [0.15, 0.2) is 0 Å². The molecule has 1 aliphatic carbocycles. The van der Waals surface area contributed by atoms with Crippen molar-refractivity contribution in [3.05, 3.63) is 0 Å². The minimum atomic E-state index is 0.168. The summed E-state index contributed by atoms with van der Waals surface area (Å²) < 4.78 is 0. The van der Waals surface area contributed by atoms with Gasteiger partial charge in [-0.3, -0.25) is 4.79 Å². The molecule has 1 aliphatic heterocycles. The van der Waals surface area contributed by atoms with Gasteiger partial charge in [0.25, 0.3) is 0 Å². The zero-order chi connectivity index (χ0) is 9.10. The van der Waals surface area contributed by atoms with Gasteiger partial charge in [-0.25, -0.2) is 0 Å². The SMILES string of the molecule is O=C1CNC[C@H](C2CCCCC2)N1. The predicted octanol–water partition coefficient (Wildman–Crippen LogP) is 0.655. The molecule has 1 heterocycles. The van der Waals surface area contributed by atoms with E-state index in [1.54, 1.807) is 0 Å². The first-order valence-electron chi connectivity index (χ1n) is 5.36. The molecule has 0 unspecified atom stereocenters. The van der Waals surface area contributed by atoms with Crippen LogP contribution in [0.4, 0.5) is 0 Å². The third kappa shape index (κ3) is 2.21. The maximum absolute atomic E-state index is 11.1. The van der Waals surface area contributed by atoms with Crippen LogP contribution in [0.25, 0.3) is 0 Å². The summed E-state index contributed by atoms with van der Waals surface area (Å²) >= 11 is 0. The molecular weight excluding hydrogens is 164 g/mol. The maximum atomic E-state index is 11.1. The summed E-state index contributed by atoms with van der Waals surface area (Å²) in [5, 5.41) is 6.25. The highest BCUT2D eigenvalue weighted by atomic mass is 16.2. The third-order valence-electron chi connectivity index (χ3n) is 3.22. The van der Waals surface area contributed by atoms with Crippen molar-refractivity contribution in [3.8, 4) is 0 Å². The van der Waals surface area contributed by atoms with E-state index < -0.39 is 0 Å². The molecule has 0 aromatic carbocycles. The highest BCUT2D eigenvalue weighted by Gasteiger charge is 2.27. The van der Waals surface area contributed by atoms with Crippen molar-refractivity contribution in [3.63, 3.8) is 0 Å². The average molecular weight is 182 g/mol. The van der Waals surface area contributed by atoms with Crippen LogP contribution >= 0.6 is 0 Å². The number of nitrogens with one attached hydrogen (secondary N) is 2. The number of hydrogen-bond acceptors (Lipinski definition) is 2. The summed E-state index contributed by atoms with van der Waals surface area (Å²) in [5.74, 6) is 0.896. The van der Waals surface area contributed by atoms with Gasteiger partial charge in [-0.1, -0.05) is 19.3 Å². The molecule has 0 aromatic rings. The van der Waals surface area contributed by atoms with Gasteiger partial charge in [0.2, 0.25) is 5.91 Å². The molecule has 0 aromatic heterocycles. The minimum absolute atomic E-state index is 0.168. The molecule has 3 nitrogen and oxygen atoms in total. The summed E-state index contributed by atoms with van der Waals surface area (Å²) in [6, 6.07) is 0.404. The van der Waals surface area contributed by atoms with Crippen LogP contribution in [-0.4, -0.2) is 25.0 Å². The van der Waals surface area contributed by atoms with Gasteiger partial charge in [0.1, 0.15) is 0 Å². The van der Waals surface area contributed by atoms with Gasteiger partial charge in [0, 0.05) is 12.6 Å². The van der Waals surface area contributed by atoms with Crippen molar-refractivity contribution in [2.45, 2.75) is 38.1 Å². The van der Waals surface area contributed by atoms with Crippen LogP contribution in [0.3, 0.4) is 0 Å². The smallest absolute Gasteiger partial charge is 0.234 e. The molecule has 1 saturated carbocycles. The molecule has 0 radical (unpaired) electrons. The molecule has 2 fully saturated rings. The Bertz CT molecular complexity index is 187. The van der Waals surface area contributed by atoms with Gasteiger partial charge >= 0.3 is 0 Å². The summed E-state index contributed by atoms with van der Waals surface area (Å²) in [7, 11) is 0. The Kier molecular flexibility index (Phi) is 2.83. The highest BCUT2D eigenvalue weighted by molar-refractivity contribution is 5.79. The Morgan fingerprint density at radius 3 is 2.62 bits per heavy atom. The second kappa shape index (κ2) is 4.09. The molecule has 2 rings (SSSR count). The van der Waals surface area contributed by atoms with Gasteiger partial charge in [-0.15, -0.1) is 0 Å². The standard InChI is InChI=1S/C10H18N2O/c13-10-7-11-6-9(12-10)8-4-2-1-3-5-8/h8-9,11H,1-7H2,(H,12,13)/t9-/m1/s1. The van der Waals surface area contributed by atoms with Crippen LogP contribution in [0.5, 0.6) is 0 Å². The fraction of sp³-hybridized carbons (Fsp3) is 0.900.